The molecule has 0 spiro atoms. The molecule has 1 amide bonds. The van der Waals surface area contributed by atoms with Crippen molar-refractivity contribution >= 4 is 11.6 Å². The summed E-state index contributed by atoms with van der Waals surface area (Å²) in [5.41, 5.74) is -1.47. The summed E-state index contributed by atoms with van der Waals surface area (Å²) >= 11 is 0. The van der Waals surface area contributed by atoms with E-state index in [-0.39, 0.29) is 12.1 Å². The highest BCUT2D eigenvalue weighted by atomic mass is 19.1. The molecule has 7 heteroatoms. The zero-order chi connectivity index (χ0) is 15.6. The zero-order valence-corrected chi connectivity index (χ0v) is 11.7. The van der Waals surface area contributed by atoms with Gasteiger partial charge in [0.1, 0.15) is 5.82 Å². The molecule has 1 aromatic carbocycles. The SMILES string of the molecule is CN(CC1(O)CCCC1)C(=O)c1cc(F)cc([N+](=O)[O-])c1. The molecule has 0 aromatic heterocycles. The molecule has 1 aliphatic carbocycles. The zero-order valence-electron chi connectivity index (χ0n) is 11.7. The maximum atomic E-state index is 13.4. The molecule has 1 fully saturated rings. The van der Waals surface area contributed by atoms with Crippen LogP contribution in [0.25, 0.3) is 0 Å². The number of carbonyl (C=O) groups excluding carboxylic acids is 1. The second-order valence-electron chi connectivity index (χ2n) is 5.55. The summed E-state index contributed by atoms with van der Waals surface area (Å²) < 4.78 is 13.4. The normalized spacial score (nSPS) is 16.7. The highest BCUT2D eigenvalue weighted by molar-refractivity contribution is 5.94. The lowest BCUT2D eigenvalue weighted by Crippen LogP contribution is -2.42. The maximum Gasteiger partial charge on any atom is 0.273 e. The van der Waals surface area contributed by atoms with Crippen molar-refractivity contribution in [2.45, 2.75) is 31.3 Å². The number of likely N-dealkylation sites (N-methyl/N-ethyl adjacent to an activating group) is 1. The van der Waals surface area contributed by atoms with Gasteiger partial charge in [-0.15, -0.1) is 0 Å². The van der Waals surface area contributed by atoms with Crippen LogP contribution in [0.5, 0.6) is 0 Å². The Labute approximate surface area is 121 Å². The molecule has 2 rings (SSSR count). The van der Waals surface area contributed by atoms with E-state index in [1.54, 1.807) is 0 Å². The largest absolute Gasteiger partial charge is 0.388 e. The van der Waals surface area contributed by atoms with E-state index in [4.69, 9.17) is 0 Å². The summed E-state index contributed by atoms with van der Waals surface area (Å²) in [7, 11) is 1.50. The van der Waals surface area contributed by atoms with E-state index in [0.717, 1.165) is 31.0 Å². The molecule has 114 valence electrons. The van der Waals surface area contributed by atoms with Gasteiger partial charge in [-0.25, -0.2) is 4.39 Å². The van der Waals surface area contributed by atoms with Gasteiger partial charge >= 0.3 is 0 Å². The minimum atomic E-state index is -0.913. The van der Waals surface area contributed by atoms with E-state index < -0.39 is 27.9 Å². The first-order valence-corrected chi connectivity index (χ1v) is 6.74. The van der Waals surface area contributed by atoms with Crippen LogP contribution in [-0.4, -0.2) is 40.0 Å². The molecule has 0 radical (unpaired) electrons. The average Bonchev–Trinajstić information content (AvgIpc) is 2.83. The van der Waals surface area contributed by atoms with Crippen LogP contribution in [0.2, 0.25) is 0 Å². The fraction of sp³-hybridized carbons (Fsp3) is 0.500. The molecular formula is C14H17FN2O4. The quantitative estimate of drug-likeness (QED) is 0.681. The maximum absolute atomic E-state index is 13.4. The predicted octanol–water partition coefficient (Wildman–Crippen LogP) is 2.11. The van der Waals surface area contributed by atoms with Gasteiger partial charge in [-0.3, -0.25) is 14.9 Å². The molecule has 21 heavy (non-hydrogen) atoms. The van der Waals surface area contributed by atoms with Crippen molar-refractivity contribution in [2.75, 3.05) is 13.6 Å². The number of aliphatic hydroxyl groups is 1. The fourth-order valence-corrected chi connectivity index (χ4v) is 2.73. The number of benzene rings is 1. The van der Waals surface area contributed by atoms with Crippen molar-refractivity contribution in [1.29, 1.82) is 0 Å². The van der Waals surface area contributed by atoms with Crippen molar-refractivity contribution in [3.8, 4) is 0 Å². The molecule has 0 atom stereocenters. The van der Waals surface area contributed by atoms with Crippen LogP contribution in [0.1, 0.15) is 36.0 Å². The van der Waals surface area contributed by atoms with Gasteiger partial charge in [-0.05, 0) is 18.9 Å². The number of rotatable bonds is 4. The average molecular weight is 296 g/mol. The van der Waals surface area contributed by atoms with E-state index in [1.165, 1.54) is 11.9 Å². The number of nitro groups is 1. The standard InChI is InChI=1S/C14H17FN2O4/c1-16(9-14(19)4-2-3-5-14)13(18)10-6-11(15)8-12(7-10)17(20)21/h6-8,19H,2-5,9H2,1H3. The van der Waals surface area contributed by atoms with Gasteiger partial charge in [-0.2, -0.15) is 0 Å². The topological polar surface area (TPSA) is 83.7 Å². The summed E-state index contributed by atoms with van der Waals surface area (Å²) in [5, 5.41) is 21.0. The van der Waals surface area contributed by atoms with Gasteiger partial charge in [0.05, 0.1) is 16.6 Å². The predicted molar refractivity (Wildman–Crippen MR) is 73.4 cm³/mol. The molecule has 6 nitrogen and oxygen atoms in total. The summed E-state index contributed by atoms with van der Waals surface area (Å²) in [6.45, 7) is 0.135. The molecule has 0 unspecified atom stereocenters. The third kappa shape index (κ3) is 3.55. The number of amides is 1. The Morgan fingerprint density at radius 1 is 1.43 bits per heavy atom. The smallest absolute Gasteiger partial charge is 0.273 e. The highest BCUT2D eigenvalue weighted by Gasteiger charge is 2.33. The lowest BCUT2D eigenvalue weighted by molar-refractivity contribution is -0.385. The van der Waals surface area contributed by atoms with Gasteiger partial charge in [-0.1, -0.05) is 12.8 Å². The van der Waals surface area contributed by atoms with E-state index in [0.29, 0.717) is 12.8 Å². The van der Waals surface area contributed by atoms with Crippen molar-refractivity contribution < 1.29 is 19.2 Å². The Balaban J connectivity index is 2.17. The molecule has 0 heterocycles. The molecule has 0 bridgehead atoms. The second-order valence-corrected chi connectivity index (χ2v) is 5.55. The van der Waals surface area contributed by atoms with Crippen LogP contribution < -0.4 is 0 Å². The summed E-state index contributed by atoms with van der Waals surface area (Å²) in [6, 6.07) is 2.77. The third-order valence-electron chi connectivity index (χ3n) is 3.75. The number of carbonyl (C=O) groups is 1. The van der Waals surface area contributed by atoms with Gasteiger partial charge in [0.25, 0.3) is 11.6 Å². The molecular weight excluding hydrogens is 279 g/mol. The van der Waals surface area contributed by atoms with E-state index in [1.807, 2.05) is 0 Å². The first-order valence-electron chi connectivity index (χ1n) is 6.74. The fourth-order valence-electron chi connectivity index (χ4n) is 2.73. The Bertz CT molecular complexity index is 570. The van der Waals surface area contributed by atoms with Crippen molar-refractivity contribution in [1.82, 2.24) is 4.90 Å². The lowest BCUT2D eigenvalue weighted by atomic mass is 10.0. The lowest BCUT2D eigenvalue weighted by Gasteiger charge is -2.28. The number of hydrogen-bond donors (Lipinski definition) is 1. The minimum Gasteiger partial charge on any atom is -0.388 e. The van der Waals surface area contributed by atoms with Crippen molar-refractivity contribution in [2.24, 2.45) is 0 Å². The van der Waals surface area contributed by atoms with E-state index in [2.05, 4.69) is 0 Å². The first-order chi connectivity index (χ1) is 9.81. The van der Waals surface area contributed by atoms with Crippen LogP contribution >= 0.6 is 0 Å². The van der Waals surface area contributed by atoms with Crippen LogP contribution in [0, 0.1) is 15.9 Å². The Kier molecular flexibility index (Phi) is 4.22. The minimum absolute atomic E-state index is 0.0919. The van der Waals surface area contributed by atoms with E-state index in [9.17, 15) is 24.4 Å². The van der Waals surface area contributed by atoms with Crippen LogP contribution in [0.15, 0.2) is 18.2 Å². The van der Waals surface area contributed by atoms with Gasteiger partial charge in [0.2, 0.25) is 0 Å². The Hall–Kier alpha value is -2.02. The van der Waals surface area contributed by atoms with Crippen molar-refractivity contribution in [3.63, 3.8) is 0 Å². The Morgan fingerprint density at radius 3 is 2.62 bits per heavy atom. The molecule has 1 aliphatic rings. The highest BCUT2D eigenvalue weighted by Crippen LogP contribution is 2.30. The molecule has 0 saturated heterocycles. The second kappa shape index (κ2) is 5.77. The molecule has 0 aliphatic heterocycles. The summed E-state index contributed by atoms with van der Waals surface area (Å²) in [5.74, 6) is -1.38. The number of nitrogens with zero attached hydrogens (tertiary/aromatic N) is 2. The molecule has 1 N–H and O–H groups in total. The number of non-ortho nitro benzene ring substituents is 1. The molecule has 1 saturated carbocycles. The first kappa shape index (κ1) is 15.4. The van der Waals surface area contributed by atoms with Crippen molar-refractivity contribution in [3.05, 3.63) is 39.7 Å². The van der Waals surface area contributed by atoms with Crippen LogP contribution in [0.4, 0.5) is 10.1 Å². The van der Waals surface area contributed by atoms with Crippen LogP contribution in [0.3, 0.4) is 0 Å². The third-order valence-corrected chi connectivity index (χ3v) is 3.75. The van der Waals surface area contributed by atoms with Crippen LogP contribution in [-0.2, 0) is 0 Å². The number of halogens is 1. The van der Waals surface area contributed by atoms with Gasteiger partial charge < -0.3 is 10.0 Å². The monoisotopic (exact) mass is 296 g/mol. The van der Waals surface area contributed by atoms with E-state index >= 15 is 0 Å². The number of nitro benzene ring substituents is 1. The summed E-state index contributed by atoms with van der Waals surface area (Å²) in [6.07, 6.45) is 3.05. The van der Waals surface area contributed by atoms with Gasteiger partial charge in [0, 0.05) is 25.2 Å². The number of hydrogen-bond acceptors (Lipinski definition) is 4. The Morgan fingerprint density at radius 2 is 2.05 bits per heavy atom. The molecule has 1 aromatic rings. The van der Waals surface area contributed by atoms with Gasteiger partial charge in [0.15, 0.2) is 0 Å². The summed E-state index contributed by atoms with van der Waals surface area (Å²) in [4.78, 5) is 23.5.